The molecular weight excluding hydrogens is 270 g/mol. The number of imidazole rings is 1. The van der Waals surface area contributed by atoms with Crippen molar-refractivity contribution in [2.24, 2.45) is 0 Å². The Bertz CT molecular complexity index is 842. The van der Waals surface area contributed by atoms with Crippen molar-refractivity contribution >= 4 is 11.5 Å². The van der Waals surface area contributed by atoms with Crippen LogP contribution in [0.3, 0.4) is 0 Å². The second kappa shape index (κ2) is 4.39. The SMILES string of the molecule is Nc1c(-c2ccc3c(c2)OCO3)nc2c(CO)cccn12. The maximum atomic E-state index is 9.40. The van der Waals surface area contributed by atoms with Crippen molar-refractivity contribution < 1.29 is 14.6 Å². The number of aliphatic hydroxyl groups is 1. The van der Waals surface area contributed by atoms with Crippen LogP contribution in [0.15, 0.2) is 36.5 Å². The summed E-state index contributed by atoms with van der Waals surface area (Å²) in [5, 5.41) is 9.40. The molecule has 0 saturated carbocycles. The van der Waals surface area contributed by atoms with Gasteiger partial charge in [-0.15, -0.1) is 0 Å². The molecule has 3 N–H and O–H groups in total. The predicted octanol–water partition coefficient (Wildman–Crippen LogP) is 1.80. The van der Waals surface area contributed by atoms with Gasteiger partial charge in [-0.1, -0.05) is 6.07 Å². The maximum Gasteiger partial charge on any atom is 0.231 e. The maximum absolute atomic E-state index is 9.40. The Labute approximate surface area is 120 Å². The molecule has 0 radical (unpaired) electrons. The lowest BCUT2D eigenvalue weighted by atomic mass is 10.1. The molecule has 0 bridgehead atoms. The summed E-state index contributed by atoms with van der Waals surface area (Å²) in [5.74, 6) is 1.93. The molecule has 3 heterocycles. The van der Waals surface area contributed by atoms with Crippen molar-refractivity contribution in [1.82, 2.24) is 9.38 Å². The number of hydrogen-bond donors (Lipinski definition) is 2. The predicted molar refractivity (Wildman–Crippen MR) is 77.1 cm³/mol. The summed E-state index contributed by atoms with van der Waals surface area (Å²) in [6.45, 7) is 0.148. The van der Waals surface area contributed by atoms with E-state index in [2.05, 4.69) is 4.98 Å². The number of fused-ring (bicyclic) bond motifs is 2. The lowest BCUT2D eigenvalue weighted by Crippen LogP contribution is -1.95. The Morgan fingerprint density at radius 3 is 2.95 bits per heavy atom. The summed E-state index contributed by atoms with van der Waals surface area (Å²) in [5.41, 5.74) is 9.09. The minimum atomic E-state index is -0.0820. The molecule has 106 valence electrons. The average Bonchev–Trinajstić information content (AvgIpc) is 3.11. The van der Waals surface area contributed by atoms with Gasteiger partial charge in [0, 0.05) is 17.3 Å². The number of ether oxygens (including phenoxy) is 2. The standard InChI is InChI=1S/C15H13N3O3/c16-14-13(9-3-4-11-12(6-9)21-8-20-11)17-15-10(7-19)2-1-5-18(14)15/h1-6,19H,7-8,16H2. The highest BCUT2D eigenvalue weighted by molar-refractivity contribution is 5.77. The number of pyridine rings is 1. The topological polar surface area (TPSA) is 82.0 Å². The van der Waals surface area contributed by atoms with Gasteiger partial charge in [-0.25, -0.2) is 4.98 Å². The van der Waals surface area contributed by atoms with Crippen molar-refractivity contribution in [1.29, 1.82) is 0 Å². The first-order valence-corrected chi connectivity index (χ1v) is 6.54. The fourth-order valence-corrected chi connectivity index (χ4v) is 2.52. The van der Waals surface area contributed by atoms with Gasteiger partial charge < -0.3 is 20.3 Å². The number of nitrogens with two attached hydrogens (primary N) is 1. The molecule has 0 unspecified atom stereocenters. The molecule has 1 aliphatic rings. The molecule has 1 aliphatic heterocycles. The van der Waals surface area contributed by atoms with Gasteiger partial charge >= 0.3 is 0 Å². The van der Waals surface area contributed by atoms with Gasteiger partial charge in [0.15, 0.2) is 11.5 Å². The van der Waals surface area contributed by atoms with Crippen LogP contribution in [0.4, 0.5) is 5.82 Å². The van der Waals surface area contributed by atoms with Crippen LogP contribution < -0.4 is 15.2 Å². The van der Waals surface area contributed by atoms with Gasteiger partial charge in [-0.05, 0) is 24.3 Å². The molecular formula is C15H13N3O3. The lowest BCUT2D eigenvalue weighted by molar-refractivity contribution is 0.174. The van der Waals surface area contributed by atoms with Crippen molar-refractivity contribution in [3.8, 4) is 22.8 Å². The van der Waals surface area contributed by atoms with Crippen LogP contribution in [0.2, 0.25) is 0 Å². The molecule has 2 aromatic heterocycles. The molecule has 4 rings (SSSR count). The Kier molecular flexibility index (Phi) is 2.52. The minimum absolute atomic E-state index is 0.0820. The molecule has 0 atom stereocenters. The van der Waals surface area contributed by atoms with E-state index in [1.54, 1.807) is 4.40 Å². The molecule has 0 aliphatic carbocycles. The summed E-state index contributed by atoms with van der Waals surface area (Å²) in [7, 11) is 0. The number of nitrogen functional groups attached to an aromatic ring is 1. The minimum Gasteiger partial charge on any atom is -0.454 e. The van der Waals surface area contributed by atoms with Crippen LogP contribution >= 0.6 is 0 Å². The van der Waals surface area contributed by atoms with Crippen molar-refractivity contribution in [2.45, 2.75) is 6.61 Å². The van der Waals surface area contributed by atoms with Gasteiger partial charge in [-0.2, -0.15) is 0 Å². The van der Waals surface area contributed by atoms with Crippen molar-refractivity contribution in [3.63, 3.8) is 0 Å². The Morgan fingerprint density at radius 1 is 1.24 bits per heavy atom. The van der Waals surface area contributed by atoms with E-state index in [-0.39, 0.29) is 13.4 Å². The van der Waals surface area contributed by atoms with Crippen molar-refractivity contribution in [3.05, 3.63) is 42.1 Å². The van der Waals surface area contributed by atoms with Gasteiger partial charge in [0.1, 0.15) is 17.2 Å². The zero-order chi connectivity index (χ0) is 14.4. The first-order valence-electron chi connectivity index (χ1n) is 6.54. The monoisotopic (exact) mass is 283 g/mol. The summed E-state index contributed by atoms with van der Waals surface area (Å²) >= 11 is 0. The number of aliphatic hydroxyl groups excluding tert-OH is 1. The molecule has 6 nitrogen and oxygen atoms in total. The first-order chi connectivity index (χ1) is 10.3. The fourth-order valence-electron chi connectivity index (χ4n) is 2.52. The van der Waals surface area contributed by atoms with E-state index in [1.807, 2.05) is 36.5 Å². The number of hydrogen-bond acceptors (Lipinski definition) is 5. The Morgan fingerprint density at radius 2 is 2.10 bits per heavy atom. The average molecular weight is 283 g/mol. The molecule has 0 fully saturated rings. The molecule has 0 saturated heterocycles. The van der Waals surface area contributed by atoms with Gasteiger partial charge in [0.2, 0.25) is 6.79 Å². The largest absolute Gasteiger partial charge is 0.454 e. The Balaban J connectivity index is 1.92. The second-order valence-corrected chi connectivity index (χ2v) is 4.80. The van der Waals surface area contributed by atoms with Crippen LogP contribution in [-0.4, -0.2) is 21.3 Å². The Hall–Kier alpha value is -2.73. The molecule has 3 aromatic rings. The number of aromatic nitrogens is 2. The fraction of sp³-hybridized carbons (Fsp3) is 0.133. The van der Waals surface area contributed by atoms with Crippen LogP contribution in [0.25, 0.3) is 16.9 Å². The van der Waals surface area contributed by atoms with E-state index in [4.69, 9.17) is 15.2 Å². The molecule has 0 spiro atoms. The highest BCUT2D eigenvalue weighted by Gasteiger charge is 2.18. The van der Waals surface area contributed by atoms with E-state index >= 15 is 0 Å². The number of anilines is 1. The van der Waals surface area contributed by atoms with Crippen molar-refractivity contribution in [2.75, 3.05) is 12.5 Å². The van der Waals surface area contributed by atoms with Gasteiger partial charge in [-0.3, -0.25) is 4.40 Å². The third-order valence-corrected chi connectivity index (χ3v) is 3.58. The van der Waals surface area contributed by atoms with E-state index in [0.717, 1.165) is 16.9 Å². The van der Waals surface area contributed by atoms with Crippen LogP contribution in [0.1, 0.15) is 5.56 Å². The van der Waals surface area contributed by atoms with Gasteiger partial charge in [0.05, 0.1) is 6.61 Å². The highest BCUT2D eigenvalue weighted by atomic mass is 16.7. The van der Waals surface area contributed by atoms with Crippen LogP contribution in [-0.2, 0) is 6.61 Å². The summed E-state index contributed by atoms with van der Waals surface area (Å²) in [6.07, 6.45) is 1.83. The highest BCUT2D eigenvalue weighted by Crippen LogP contribution is 2.37. The quantitative estimate of drug-likeness (QED) is 0.749. The molecule has 1 aromatic carbocycles. The number of rotatable bonds is 2. The van der Waals surface area contributed by atoms with E-state index < -0.39 is 0 Å². The van der Waals surface area contributed by atoms with E-state index in [1.165, 1.54) is 0 Å². The van der Waals surface area contributed by atoms with Crippen LogP contribution in [0.5, 0.6) is 11.5 Å². The third kappa shape index (κ3) is 1.73. The summed E-state index contributed by atoms with van der Waals surface area (Å²) in [6, 6.07) is 9.25. The zero-order valence-electron chi connectivity index (χ0n) is 11.1. The van der Waals surface area contributed by atoms with E-state index in [9.17, 15) is 5.11 Å². The van der Waals surface area contributed by atoms with E-state index in [0.29, 0.717) is 22.9 Å². The normalized spacial score (nSPS) is 13.0. The molecule has 0 amide bonds. The first kappa shape index (κ1) is 12.0. The molecule has 21 heavy (non-hydrogen) atoms. The van der Waals surface area contributed by atoms with Gasteiger partial charge in [0.25, 0.3) is 0 Å². The third-order valence-electron chi connectivity index (χ3n) is 3.58. The second-order valence-electron chi connectivity index (χ2n) is 4.80. The summed E-state index contributed by atoms with van der Waals surface area (Å²) in [4.78, 5) is 4.56. The smallest absolute Gasteiger partial charge is 0.231 e. The van der Waals surface area contributed by atoms with Crippen LogP contribution in [0, 0.1) is 0 Å². The number of benzene rings is 1. The zero-order valence-corrected chi connectivity index (χ0v) is 11.1. The lowest BCUT2D eigenvalue weighted by Gasteiger charge is -2.01. The molecule has 6 heteroatoms. The summed E-state index contributed by atoms with van der Waals surface area (Å²) < 4.78 is 12.5. The number of nitrogens with zero attached hydrogens (tertiary/aromatic N) is 2.